The van der Waals surface area contributed by atoms with E-state index in [1.165, 1.54) is 7.11 Å². The summed E-state index contributed by atoms with van der Waals surface area (Å²) in [6, 6.07) is 3.19. The summed E-state index contributed by atoms with van der Waals surface area (Å²) < 4.78 is 10.2. The predicted octanol–water partition coefficient (Wildman–Crippen LogP) is 0.231. The number of hydrogen-bond acceptors (Lipinski definition) is 5. The van der Waals surface area contributed by atoms with Crippen LogP contribution >= 0.6 is 0 Å². The number of anilines is 2. The number of methoxy groups -OCH3 is 1. The summed E-state index contributed by atoms with van der Waals surface area (Å²) in [5, 5.41) is 8.61. The van der Waals surface area contributed by atoms with Gasteiger partial charge >= 0.3 is 0 Å². The molecule has 0 heterocycles. The molecule has 0 unspecified atom stereocenters. The molecule has 0 bridgehead atoms. The van der Waals surface area contributed by atoms with E-state index in [2.05, 4.69) is 0 Å². The van der Waals surface area contributed by atoms with Gasteiger partial charge in [-0.25, -0.2) is 0 Å². The van der Waals surface area contributed by atoms with Crippen LogP contribution in [0.25, 0.3) is 0 Å². The highest BCUT2D eigenvalue weighted by molar-refractivity contribution is 5.67. The molecule has 0 aromatic heterocycles. The smallest absolute Gasteiger partial charge is 0.184 e. The average Bonchev–Trinajstić information content (AvgIpc) is 2.15. The standard InChI is InChI=1S/C9H14N2O3/c1-13-8-5-6(10)4-7(11)9(8)14-3-2-12/h4-5,12H,2-3,10-11H2,1H3. The number of hydrogen-bond donors (Lipinski definition) is 3. The fourth-order valence-corrected chi connectivity index (χ4v) is 1.10. The van der Waals surface area contributed by atoms with E-state index in [-0.39, 0.29) is 13.2 Å². The van der Waals surface area contributed by atoms with Gasteiger partial charge in [-0.1, -0.05) is 0 Å². The van der Waals surface area contributed by atoms with Crippen molar-refractivity contribution in [2.24, 2.45) is 0 Å². The minimum Gasteiger partial charge on any atom is -0.493 e. The Bertz CT molecular complexity index is 315. The van der Waals surface area contributed by atoms with Crippen molar-refractivity contribution in [2.45, 2.75) is 0 Å². The molecular weight excluding hydrogens is 184 g/mol. The largest absolute Gasteiger partial charge is 0.493 e. The zero-order valence-corrected chi connectivity index (χ0v) is 7.99. The Balaban J connectivity index is 2.99. The molecule has 1 aromatic rings. The van der Waals surface area contributed by atoms with Gasteiger partial charge in [-0.05, 0) is 6.07 Å². The maximum atomic E-state index is 8.61. The molecule has 0 amide bonds. The number of benzene rings is 1. The van der Waals surface area contributed by atoms with Gasteiger partial charge in [0.15, 0.2) is 11.5 Å². The van der Waals surface area contributed by atoms with E-state index in [9.17, 15) is 0 Å². The minimum absolute atomic E-state index is 0.0764. The summed E-state index contributed by atoms with van der Waals surface area (Å²) in [7, 11) is 1.50. The van der Waals surface area contributed by atoms with Gasteiger partial charge in [0.1, 0.15) is 6.61 Å². The fourth-order valence-electron chi connectivity index (χ4n) is 1.10. The van der Waals surface area contributed by atoms with Crippen molar-refractivity contribution >= 4 is 11.4 Å². The summed E-state index contributed by atoms with van der Waals surface area (Å²) in [6.07, 6.45) is 0. The van der Waals surface area contributed by atoms with E-state index in [4.69, 9.17) is 26.0 Å². The molecule has 5 heteroatoms. The molecule has 14 heavy (non-hydrogen) atoms. The first-order valence-electron chi connectivity index (χ1n) is 4.15. The van der Waals surface area contributed by atoms with Crippen molar-refractivity contribution in [3.05, 3.63) is 12.1 Å². The molecule has 0 spiro atoms. The first-order chi connectivity index (χ1) is 6.69. The first kappa shape index (κ1) is 10.5. The Kier molecular flexibility index (Phi) is 3.41. The number of aliphatic hydroxyl groups is 1. The van der Waals surface area contributed by atoms with E-state index in [0.717, 1.165) is 0 Å². The van der Waals surface area contributed by atoms with E-state index < -0.39 is 0 Å². The van der Waals surface area contributed by atoms with Crippen molar-refractivity contribution in [2.75, 3.05) is 31.8 Å². The summed E-state index contributed by atoms with van der Waals surface area (Å²) >= 11 is 0. The molecule has 0 fully saturated rings. The van der Waals surface area contributed by atoms with Crippen LogP contribution < -0.4 is 20.9 Å². The van der Waals surface area contributed by atoms with Gasteiger partial charge in [-0.2, -0.15) is 0 Å². The molecule has 0 aliphatic carbocycles. The molecule has 1 rings (SSSR count). The lowest BCUT2D eigenvalue weighted by molar-refractivity contribution is 0.197. The lowest BCUT2D eigenvalue weighted by Crippen LogP contribution is -2.06. The zero-order valence-electron chi connectivity index (χ0n) is 7.99. The van der Waals surface area contributed by atoms with Crippen LogP contribution in [0.4, 0.5) is 11.4 Å². The molecule has 5 N–H and O–H groups in total. The number of aliphatic hydroxyl groups excluding tert-OH is 1. The summed E-state index contributed by atoms with van der Waals surface area (Å²) in [6.45, 7) is 0.0947. The molecular formula is C9H14N2O3. The normalized spacial score (nSPS) is 9.86. The van der Waals surface area contributed by atoms with Crippen LogP contribution in [0.1, 0.15) is 0 Å². The quantitative estimate of drug-likeness (QED) is 0.602. The third-order valence-corrected chi connectivity index (χ3v) is 1.66. The number of nitrogens with two attached hydrogens (primary N) is 2. The SMILES string of the molecule is COc1cc(N)cc(N)c1OCCO. The topological polar surface area (TPSA) is 90.7 Å². The second-order valence-electron chi connectivity index (χ2n) is 2.71. The highest BCUT2D eigenvalue weighted by atomic mass is 16.5. The maximum Gasteiger partial charge on any atom is 0.184 e. The second kappa shape index (κ2) is 4.57. The number of rotatable bonds is 4. The summed E-state index contributed by atoms with van der Waals surface area (Å²) in [5.74, 6) is 0.881. The third-order valence-electron chi connectivity index (χ3n) is 1.66. The molecule has 78 valence electrons. The highest BCUT2D eigenvalue weighted by Crippen LogP contribution is 2.35. The van der Waals surface area contributed by atoms with Crippen molar-refractivity contribution in [3.63, 3.8) is 0 Å². The van der Waals surface area contributed by atoms with Crippen LogP contribution in [0, 0.1) is 0 Å². The minimum atomic E-state index is -0.0764. The molecule has 0 atom stereocenters. The average molecular weight is 198 g/mol. The maximum absolute atomic E-state index is 8.61. The Hall–Kier alpha value is -1.62. The number of nitrogen functional groups attached to an aromatic ring is 2. The van der Waals surface area contributed by atoms with Gasteiger partial charge in [0.25, 0.3) is 0 Å². The van der Waals surface area contributed by atoms with Crippen LogP contribution in [0.15, 0.2) is 12.1 Å². The van der Waals surface area contributed by atoms with Gasteiger partial charge < -0.3 is 26.0 Å². The summed E-state index contributed by atoms with van der Waals surface area (Å²) in [4.78, 5) is 0. The van der Waals surface area contributed by atoms with E-state index in [1.54, 1.807) is 12.1 Å². The Morgan fingerprint density at radius 3 is 2.64 bits per heavy atom. The molecule has 0 saturated heterocycles. The highest BCUT2D eigenvalue weighted by Gasteiger charge is 2.09. The Morgan fingerprint density at radius 2 is 2.07 bits per heavy atom. The lowest BCUT2D eigenvalue weighted by Gasteiger charge is -2.12. The van der Waals surface area contributed by atoms with Gasteiger partial charge in [0, 0.05) is 11.8 Å². The molecule has 1 aromatic carbocycles. The fraction of sp³-hybridized carbons (Fsp3) is 0.333. The van der Waals surface area contributed by atoms with Crippen LogP contribution in [-0.2, 0) is 0 Å². The lowest BCUT2D eigenvalue weighted by atomic mass is 10.2. The molecule has 0 saturated carbocycles. The summed E-state index contributed by atoms with van der Waals surface area (Å²) in [5.41, 5.74) is 12.1. The van der Waals surface area contributed by atoms with Crippen LogP contribution in [0.5, 0.6) is 11.5 Å². The van der Waals surface area contributed by atoms with Gasteiger partial charge in [-0.3, -0.25) is 0 Å². The Labute approximate surface area is 82.2 Å². The second-order valence-corrected chi connectivity index (χ2v) is 2.71. The zero-order chi connectivity index (χ0) is 10.6. The van der Waals surface area contributed by atoms with Gasteiger partial charge in [0.2, 0.25) is 0 Å². The van der Waals surface area contributed by atoms with E-state index >= 15 is 0 Å². The van der Waals surface area contributed by atoms with Crippen molar-refractivity contribution < 1.29 is 14.6 Å². The molecule has 5 nitrogen and oxygen atoms in total. The van der Waals surface area contributed by atoms with E-state index in [1.807, 2.05) is 0 Å². The van der Waals surface area contributed by atoms with Gasteiger partial charge in [-0.15, -0.1) is 0 Å². The van der Waals surface area contributed by atoms with E-state index in [0.29, 0.717) is 22.9 Å². The van der Waals surface area contributed by atoms with Crippen LogP contribution in [0.3, 0.4) is 0 Å². The van der Waals surface area contributed by atoms with Crippen LogP contribution in [-0.4, -0.2) is 25.4 Å². The number of ether oxygens (including phenoxy) is 2. The third kappa shape index (κ3) is 2.20. The Morgan fingerprint density at radius 1 is 1.36 bits per heavy atom. The molecule has 0 aliphatic rings. The van der Waals surface area contributed by atoms with Crippen molar-refractivity contribution in [3.8, 4) is 11.5 Å². The van der Waals surface area contributed by atoms with Crippen molar-refractivity contribution in [1.82, 2.24) is 0 Å². The molecule has 0 aliphatic heterocycles. The monoisotopic (exact) mass is 198 g/mol. The molecule has 0 radical (unpaired) electrons. The predicted molar refractivity (Wildman–Crippen MR) is 54.4 cm³/mol. The van der Waals surface area contributed by atoms with Crippen LogP contribution in [0.2, 0.25) is 0 Å². The van der Waals surface area contributed by atoms with Gasteiger partial charge in [0.05, 0.1) is 19.4 Å². The van der Waals surface area contributed by atoms with Crippen molar-refractivity contribution in [1.29, 1.82) is 0 Å². The first-order valence-corrected chi connectivity index (χ1v) is 4.15.